The van der Waals surface area contributed by atoms with Crippen molar-refractivity contribution in [1.82, 2.24) is 0 Å². The number of rotatable bonds is 5. The lowest BCUT2D eigenvalue weighted by Gasteiger charge is -2.24. The number of nitrogens with zero attached hydrogens (tertiary/aromatic N) is 1. The third-order valence-corrected chi connectivity index (χ3v) is 5.29. The highest BCUT2D eigenvalue weighted by Crippen LogP contribution is 2.24. The molecule has 0 bridgehead atoms. The van der Waals surface area contributed by atoms with Crippen LogP contribution >= 0.6 is 22.6 Å². The molecule has 24 heavy (non-hydrogen) atoms. The number of carbonyl (C=O) groups excluding carboxylic acids is 1. The molecule has 0 atom stereocenters. The van der Waals surface area contributed by atoms with Crippen molar-refractivity contribution in [3.8, 4) is 0 Å². The number of anilines is 2. The Morgan fingerprint density at radius 2 is 1.75 bits per heavy atom. The summed E-state index contributed by atoms with van der Waals surface area (Å²) < 4.78 is 26.5. The van der Waals surface area contributed by atoms with Gasteiger partial charge in [-0.1, -0.05) is 12.1 Å². The maximum absolute atomic E-state index is 12.3. The summed E-state index contributed by atoms with van der Waals surface area (Å²) in [7, 11) is -3.58. The van der Waals surface area contributed by atoms with E-state index in [1.807, 2.05) is 38.1 Å². The van der Waals surface area contributed by atoms with Crippen molar-refractivity contribution in [3.63, 3.8) is 0 Å². The van der Waals surface area contributed by atoms with Gasteiger partial charge < -0.3 is 5.32 Å². The van der Waals surface area contributed by atoms with Crippen molar-refractivity contribution in [1.29, 1.82) is 0 Å². The maximum atomic E-state index is 12.3. The lowest BCUT2D eigenvalue weighted by atomic mass is 10.1. The number of halogens is 1. The van der Waals surface area contributed by atoms with Crippen LogP contribution in [0.3, 0.4) is 0 Å². The number of benzene rings is 2. The molecular formula is C17H19IN2O3S. The summed E-state index contributed by atoms with van der Waals surface area (Å²) in [4.78, 5) is 12.3. The van der Waals surface area contributed by atoms with Crippen LogP contribution in [-0.4, -0.2) is 27.1 Å². The highest BCUT2D eigenvalue weighted by Gasteiger charge is 2.22. The molecule has 5 nitrogen and oxygen atoms in total. The third-order valence-electron chi connectivity index (χ3n) is 3.45. The number of hydrogen-bond acceptors (Lipinski definition) is 3. The zero-order valence-corrected chi connectivity index (χ0v) is 16.7. The van der Waals surface area contributed by atoms with Gasteiger partial charge in [0.1, 0.15) is 6.54 Å². The van der Waals surface area contributed by atoms with Gasteiger partial charge in [0.25, 0.3) is 0 Å². The second kappa shape index (κ2) is 7.52. The lowest BCUT2D eigenvalue weighted by molar-refractivity contribution is -0.114. The molecule has 0 aromatic heterocycles. The largest absolute Gasteiger partial charge is 0.325 e. The molecule has 0 aliphatic rings. The van der Waals surface area contributed by atoms with Crippen molar-refractivity contribution in [3.05, 3.63) is 57.2 Å². The van der Waals surface area contributed by atoms with E-state index in [0.717, 1.165) is 25.3 Å². The molecular weight excluding hydrogens is 439 g/mol. The Hall–Kier alpha value is -1.61. The summed E-state index contributed by atoms with van der Waals surface area (Å²) in [5, 5.41) is 2.73. The van der Waals surface area contributed by atoms with E-state index in [1.54, 1.807) is 18.2 Å². The van der Waals surface area contributed by atoms with Gasteiger partial charge in [-0.2, -0.15) is 0 Å². The minimum atomic E-state index is -3.58. The first-order valence-electron chi connectivity index (χ1n) is 7.27. The first-order chi connectivity index (χ1) is 11.2. The molecule has 1 N–H and O–H groups in total. The van der Waals surface area contributed by atoms with E-state index < -0.39 is 10.0 Å². The van der Waals surface area contributed by atoms with E-state index in [9.17, 15) is 13.2 Å². The van der Waals surface area contributed by atoms with Crippen LogP contribution in [-0.2, 0) is 14.8 Å². The first-order valence-corrected chi connectivity index (χ1v) is 10.2. The topological polar surface area (TPSA) is 66.5 Å². The fourth-order valence-electron chi connectivity index (χ4n) is 2.23. The number of amides is 1. The van der Waals surface area contributed by atoms with E-state index in [0.29, 0.717) is 11.4 Å². The quantitative estimate of drug-likeness (QED) is 0.700. The molecule has 2 rings (SSSR count). The highest BCUT2D eigenvalue weighted by atomic mass is 127. The standard InChI is InChI=1S/C17H19IN2O3S/c1-12-4-5-13(2)16(10-12)20(24(3,22)23)11-17(21)19-15-8-6-14(18)7-9-15/h4-10H,11H2,1-3H3,(H,19,21). The van der Waals surface area contributed by atoms with Gasteiger partial charge in [0.05, 0.1) is 11.9 Å². The SMILES string of the molecule is Cc1ccc(C)c(N(CC(=O)Nc2ccc(I)cc2)S(C)(=O)=O)c1. The maximum Gasteiger partial charge on any atom is 0.245 e. The molecule has 0 fully saturated rings. The monoisotopic (exact) mass is 458 g/mol. The van der Waals surface area contributed by atoms with Crippen LogP contribution in [0.25, 0.3) is 0 Å². The zero-order chi connectivity index (χ0) is 17.9. The van der Waals surface area contributed by atoms with Gasteiger partial charge in [0.2, 0.25) is 15.9 Å². The Bertz CT molecular complexity index is 849. The molecule has 0 spiro atoms. The van der Waals surface area contributed by atoms with E-state index in [4.69, 9.17) is 0 Å². The molecule has 0 radical (unpaired) electrons. The molecule has 0 saturated heterocycles. The lowest BCUT2D eigenvalue weighted by Crippen LogP contribution is -2.37. The molecule has 7 heteroatoms. The van der Waals surface area contributed by atoms with Crippen molar-refractivity contribution >= 4 is 49.9 Å². The van der Waals surface area contributed by atoms with Crippen LogP contribution in [0.5, 0.6) is 0 Å². The molecule has 0 saturated carbocycles. The Labute approximate surface area is 156 Å². The minimum Gasteiger partial charge on any atom is -0.325 e. The summed E-state index contributed by atoms with van der Waals surface area (Å²) in [6.45, 7) is 3.44. The number of hydrogen-bond donors (Lipinski definition) is 1. The van der Waals surface area contributed by atoms with Gasteiger partial charge in [-0.25, -0.2) is 8.42 Å². The predicted molar refractivity (Wildman–Crippen MR) is 106 cm³/mol. The summed E-state index contributed by atoms with van der Waals surface area (Å²) in [6, 6.07) is 12.8. The molecule has 2 aromatic rings. The Kier molecular flexibility index (Phi) is 5.87. The van der Waals surface area contributed by atoms with Crippen LogP contribution in [0.2, 0.25) is 0 Å². The van der Waals surface area contributed by atoms with Crippen molar-refractivity contribution in [2.45, 2.75) is 13.8 Å². The molecule has 0 heterocycles. The van der Waals surface area contributed by atoms with Gasteiger partial charge >= 0.3 is 0 Å². The van der Waals surface area contributed by atoms with Crippen molar-refractivity contribution < 1.29 is 13.2 Å². The normalized spacial score (nSPS) is 11.2. The molecule has 128 valence electrons. The smallest absolute Gasteiger partial charge is 0.245 e. The second-order valence-corrected chi connectivity index (χ2v) is 8.77. The van der Waals surface area contributed by atoms with E-state index in [1.165, 1.54) is 0 Å². The number of sulfonamides is 1. The summed E-state index contributed by atoms with van der Waals surface area (Å²) in [5.74, 6) is -0.387. The van der Waals surface area contributed by atoms with Gasteiger partial charge in [-0.05, 0) is 77.9 Å². The van der Waals surface area contributed by atoms with Crippen molar-refractivity contribution in [2.75, 3.05) is 22.4 Å². The highest BCUT2D eigenvalue weighted by molar-refractivity contribution is 14.1. The Morgan fingerprint density at radius 1 is 1.12 bits per heavy atom. The van der Waals surface area contributed by atoms with Gasteiger partial charge in [0, 0.05) is 9.26 Å². The fourth-order valence-corrected chi connectivity index (χ4v) is 3.50. The summed E-state index contributed by atoms with van der Waals surface area (Å²) >= 11 is 2.17. The Morgan fingerprint density at radius 3 is 2.33 bits per heavy atom. The molecule has 1 amide bonds. The van der Waals surface area contributed by atoms with Crippen LogP contribution < -0.4 is 9.62 Å². The number of carbonyl (C=O) groups is 1. The third kappa shape index (κ3) is 4.94. The van der Waals surface area contributed by atoms with Crippen LogP contribution in [0, 0.1) is 17.4 Å². The number of aryl methyl sites for hydroxylation is 2. The Balaban J connectivity index is 2.25. The van der Waals surface area contributed by atoms with Crippen LogP contribution in [0.4, 0.5) is 11.4 Å². The average molecular weight is 458 g/mol. The summed E-state index contributed by atoms with van der Waals surface area (Å²) in [6.07, 6.45) is 1.10. The second-order valence-electron chi connectivity index (χ2n) is 5.61. The average Bonchev–Trinajstić information content (AvgIpc) is 2.49. The van der Waals surface area contributed by atoms with Gasteiger partial charge in [-0.3, -0.25) is 9.10 Å². The van der Waals surface area contributed by atoms with Crippen LogP contribution in [0.15, 0.2) is 42.5 Å². The van der Waals surface area contributed by atoms with Crippen molar-refractivity contribution in [2.24, 2.45) is 0 Å². The molecule has 2 aromatic carbocycles. The predicted octanol–water partition coefficient (Wildman–Crippen LogP) is 3.31. The van der Waals surface area contributed by atoms with Crippen LogP contribution in [0.1, 0.15) is 11.1 Å². The molecule has 0 aliphatic heterocycles. The van der Waals surface area contributed by atoms with E-state index in [2.05, 4.69) is 27.9 Å². The fraction of sp³-hybridized carbons (Fsp3) is 0.235. The number of nitrogens with one attached hydrogen (secondary N) is 1. The van der Waals surface area contributed by atoms with E-state index >= 15 is 0 Å². The zero-order valence-electron chi connectivity index (χ0n) is 13.7. The molecule has 0 aliphatic carbocycles. The summed E-state index contributed by atoms with van der Waals surface area (Å²) in [5.41, 5.74) is 2.89. The minimum absolute atomic E-state index is 0.269. The van der Waals surface area contributed by atoms with Gasteiger partial charge in [0.15, 0.2) is 0 Å². The first kappa shape index (κ1) is 18.7. The van der Waals surface area contributed by atoms with E-state index in [-0.39, 0.29) is 12.5 Å². The van der Waals surface area contributed by atoms with Gasteiger partial charge in [-0.15, -0.1) is 0 Å². The molecule has 0 unspecified atom stereocenters.